The van der Waals surface area contributed by atoms with Crippen molar-refractivity contribution < 1.29 is 24.7 Å². The zero-order valence-corrected chi connectivity index (χ0v) is 9.93. The lowest BCUT2D eigenvalue weighted by molar-refractivity contribution is -0.384. The summed E-state index contributed by atoms with van der Waals surface area (Å²) in [5.74, 6) is -0.673. The van der Waals surface area contributed by atoms with Crippen LogP contribution in [0.3, 0.4) is 0 Å². The van der Waals surface area contributed by atoms with Crippen molar-refractivity contribution in [3.8, 4) is 0 Å². The molecule has 1 fully saturated rings. The second-order valence-electron chi connectivity index (χ2n) is 4.38. The lowest BCUT2D eigenvalue weighted by Gasteiger charge is -2.17. The number of nitro benzene ring substituents is 1. The second kappa shape index (κ2) is 5.33. The maximum atomic E-state index is 11.7. The van der Waals surface area contributed by atoms with Crippen molar-refractivity contribution in [3.63, 3.8) is 0 Å². The van der Waals surface area contributed by atoms with Crippen molar-refractivity contribution in [2.75, 3.05) is 0 Å². The van der Waals surface area contributed by atoms with Crippen LogP contribution in [0.2, 0.25) is 0 Å². The molecule has 1 aliphatic carbocycles. The number of rotatable bonds is 3. The molecule has 0 saturated heterocycles. The maximum Gasteiger partial charge on any atom is 0.338 e. The van der Waals surface area contributed by atoms with E-state index in [1.54, 1.807) is 0 Å². The summed E-state index contributed by atoms with van der Waals surface area (Å²) in [5.41, 5.74) is 0.0482. The molecule has 1 aromatic carbocycles. The van der Waals surface area contributed by atoms with Gasteiger partial charge in [0, 0.05) is 12.1 Å². The van der Waals surface area contributed by atoms with Gasteiger partial charge in [0.15, 0.2) is 0 Å². The predicted octanol–water partition coefficient (Wildman–Crippen LogP) is 0.636. The van der Waals surface area contributed by atoms with Gasteiger partial charge in [-0.15, -0.1) is 0 Å². The van der Waals surface area contributed by atoms with E-state index in [4.69, 9.17) is 4.74 Å². The fraction of sp³-hybridized carbons (Fsp3) is 0.417. The minimum Gasteiger partial charge on any atom is -0.456 e. The molecule has 102 valence electrons. The van der Waals surface area contributed by atoms with Crippen LogP contribution in [0.1, 0.15) is 23.2 Å². The van der Waals surface area contributed by atoms with Crippen LogP contribution >= 0.6 is 0 Å². The first kappa shape index (κ1) is 13.4. The molecule has 1 aromatic rings. The SMILES string of the molecule is O=C(OC1CCC(O)C1O)c1ccc([N+](=O)[O-])cc1. The van der Waals surface area contributed by atoms with Crippen LogP contribution in [0.5, 0.6) is 0 Å². The zero-order chi connectivity index (χ0) is 14.0. The Morgan fingerprint density at radius 2 is 1.89 bits per heavy atom. The first-order chi connectivity index (χ1) is 8.99. The van der Waals surface area contributed by atoms with Crippen LogP contribution in [-0.4, -0.2) is 39.4 Å². The Morgan fingerprint density at radius 1 is 1.26 bits per heavy atom. The van der Waals surface area contributed by atoms with Crippen molar-refractivity contribution in [3.05, 3.63) is 39.9 Å². The average Bonchev–Trinajstić information content (AvgIpc) is 2.71. The van der Waals surface area contributed by atoms with E-state index >= 15 is 0 Å². The van der Waals surface area contributed by atoms with E-state index in [2.05, 4.69) is 0 Å². The maximum absolute atomic E-state index is 11.7. The number of aliphatic hydroxyl groups is 2. The van der Waals surface area contributed by atoms with Gasteiger partial charge >= 0.3 is 5.97 Å². The van der Waals surface area contributed by atoms with Gasteiger partial charge in [-0.25, -0.2) is 4.79 Å². The molecule has 0 aliphatic heterocycles. The van der Waals surface area contributed by atoms with Gasteiger partial charge in [-0.05, 0) is 25.0 Å². The van der Waals surface area contributed by atoms with Gasteiger partial charge < -0.3 is 14.9 Å². The van der Waals surface area contributed by atoms with Gasteiger partial charge in [-0.3, -0.25) is 10.1 Å². The van der Waals surface area contributed by atoms with E-state index in [0.717, 1.165) is 0 Å². The van der Waals surface area contributed by atoms with Crippen molar-refractivity contribution in [2.24, 2.45) is 0 Å². The van der Waals surface area contributed by atoms with E-state index in [-0.39, 0.29) is 11.3 Å². The zero-order valence-electron chi connectivity index (χ0n) is 9.93. The van der Waals surface area contributed by atoms with Gasteiger partial charge in [-0.1, -0.05) is 0 Å². The number of nitro groups is 1. The third kappa shape index (κ3) is 2.88. The first-order valence-corrected chi connectivity index (χ1v) is 5.80. The van der Waals surface area contributed by atoms with Crippen LogP contribution in [0.4, 0.5) is 5.69 Å². The van der Waals surface area contributed by atoms with E-state index in [1.165, 1.54) is 24.3 Å². The molecular weight excluding hydrogens is 254 g/mol. The molecule has 1 aliphatic rings. The van der Waals surface area contributed by atoms with Crippen molar-refractivity contribution >= 4 is 11.7 Å². The van der Waals surface area contributed by atoms with Crippen LogP contribution in [0.15, 0.2) is 24.3 Å². The average molecular weight is 267 g/mol. The number of carbonyl (C=O) groups excluding carboxylic acids is 1. The number of hydrogen-bond acceptors (Lipinski definition) is 6. The standard InChI is InChI=1S/C12H13NO6/c14-9-5-6-10(11(9)15)19-12(16)7-1-3-8(4-2-7)13(17)18/h1-4,9-11,14-15H,5-6H2. The molecule has 0 heterocycles. The number of aliphatic hydroxyl groups excluding tert-OH is 2. The molecule has 7 heteroatoms. The Labute approximate surface area is 108 Å². The summed E-state index contributed by atoms with van der Waals surface area (Å²) in [6.45, 7) is 0. The highest BCUT2D eigenvalue weighted by Gasteiger charge is 2.36. The molecule has 2 N–H and O–H groups in total. The molecule has 7 nitrogen and oxygen atoms in total. The predicted molar refractivity (Wildman–Crippen MR) is 63.5 cm³/mol. The number of hydrogen-bond donors (Lipinski definition) is 2. The molecule has 0 spiro atoms. The molecule has 2 rings (SSSR count). The Bertz CT molecular complexity index is 485. The third-order valence-corrected chi connectivity index (χ3v) is 3.09. The number of benzene rings is 1. The van der Waals surface area contributed by atoms with E-state index in [9.17, 15) is 25.1 Å². The summed E-state index contributed by atoms with van der Waals surface area (Å²) in [6, 6.07) is 4.99. The second-order valence-corrected chi connectivity index (χ2v) is 4.38. The highest BCUT2D eigenvalue weighted by Crippen LogP contribution is 2.24. The molecular formula is C12H13NO6. The monoisotopic (exact) mass is 267 g/mol. The lowest BCUT2D eigenvalue weighted by Crippen LogP contribution is -2.32. The molecule has 0 bridgehead atoms. The summed E-state index contributed by atoms with van der Waals surface area (Å²) in [4.78, 5) is 21.7. The van der Waals surface area contributed by atoms with Gasteiger partial charge in [0.25, 0.3) is 5.69 Å². The lowest BCUT2D eigenvalue weighted by atomic mass is 10.2. The minimum atomic E-state index is -1.08. The molecule has 0 aromatic heterocycles. The summed E-state index contributed by atoms with van der Waals surface area (Å²) in [7, 11) is 0. The van der Waals surface area contributed by atoms with Crippen LogP contribution < -0.4 is 0 Å². The smallest absolute Gasteiger partial charge is 0.338 e. The summed E-state index contributed by atoms with van der Waals surface area (Å²) in [5, 5.41) is 29.4. The Hall–Kier alpha value is -1.99. The topological polar surface area (TPSA) is 110 Å². The van der Waals surface area contributed by atoms with Crippen molar-refractivity contribution in [1.29, 1.82) is 0 Å². The summed E-state index contributed by atoms with van der Waals surface area (Å²) in [6.07, 6.45) is -1.94. The third-order valence-electron chi connectivity index (χ3n) is 3.09. The Balaban J connectivity index is 2.02. The van der Waals surface area contributed by atoms with Gasteiger partial charge in [0.1, 0.15) is 12.2 Å². The highest BCUT2D eigenvalue weighted by molar-refractivity contribution is 5.89. The largest absolute Gasteiger partial charge is 0.456 e. The Kier molecular flexibility index (Phi) is 3.77. The van der Waals surface area contributed by atoms with Gasteiger partial charge in [0.05, 0.1) is 16.6 Å². The van der Waals surface area contributed by atoms with Gasteiger partial charge in [-0.2, -0.15) is 0 Å². The summed E-state index contributed by atoms with van der Waals surface area (Å²) < 4.78 is 5.06. The molecule has 0 radical (unpaired) electrons. The normalized spacial score (nSPS) is 26.1. The quantitative estimate of drug-likeness (QED) is 0.472. The molecule has 0 amide bonds. The van der Waals surface area contributed by atoms with E-state index < -0.39 is 29.2 Å². The molecule has 3 atom stereocenters. The summed E-state index contributed by atoms with van der Waals surface area (Å²) >= 11 is 0. The van der Waals surface area contributed by atoms with Crippen molar-refractivity contribution in [2.45, 2.75) is 31.2 Å². The van der Waals surface area contributed by atoms with Crippen LogP contribution in [0.25, 0.3) is 0 Å². The fourth-order valence-electron chi connectivity index (χ4n) is 1.98. The van der Waals surface area contributed by atoms with E-state index in [0.29, 0.717) is 12.8 Å². The minimum absolute atomic E-state index is 0.118. The molecule has 3 unspecified atom stereocenters. The molecule has 19 heavy (non-hydrogen) atoms. The van der Waals surface area contributed by atoms with Crippen molar-refractivity contribution in [1.82, 2.24) is 0 Å². The number of non-ortho nitro benzene ring substituents is 1. The number of esters is 1. The van der Waals surface area contributed by atoms with Crippen LogP contribution in [-0.2, 0) is 4.74 Å². The fourth-order valence-corrected chi connectivity index (χ4v) is 1.98. The van der Waals surface area contributed by atoms with Crippen LogP contribution in [0, 0.1) is 10.1 Å². The van der Waals surface area contributed by atoms with E-state index in [1.807, 2.05) is 0 Å². The number of carbonyl (C=O) groups is 1. The first-order valence-electron chi connectivity index (χ1n) is 5.80. The molecule has 1 saturated carbocycles. The number of ether oxygens (including phenoxy) is 1. The number of nitrogens with zero attached hydrogens (tertiary/aromatic N) is 1. The highest BCUT2D eigenvalue weighted by atomic mass is 16.6. The van der Waals surface area contributed by atoms with Gasteiger partial charge in [0.2, 0.25) is 0 Å². The Morgan fingerprint density at radius 3 is 2.37 bits per heavy atom.